The topological polar surface area (TPSA) is 59.3 Å². The zero-order valence-corrected chi connectivity index (χ0v) is 16.9. The minimum absolute atomic E-state index is 0.213. The highest BCUT2D eigenvalue weighted by molar-refractivity contribution is 5.42. The lowest BCUT2D eigenvalue weighted by molar-refractivity contribution is -0.0499. The van der Waals surface area contributed by atoms with Crippen molar-refractivity contribution in [2.75, 3.05) is 31.1 Å². The molecule has 2 atom stereocenters. The van der Waals surface area contributed by atoms with Crippen molar-refractivity contribution in [3.63, 3.8) is 0 Å². The number of aromatic nitrogens is 4. The van der Waals surface area contributed by atoms with Gasteiger partial charge in [0.05, 0.1) is 24.4 Å². The lowest BCUT2D eigenvalue weighted by Gasteiger charge is -2.36. The number of aryl methyl sites for hydroxylation is 2. The third-order valence-electron chi connectivity index (χ3n) is 5.83. The monoisotopic (exact) mass is 390 g/mol. The third-order valence-corrected chi connectivity index (χ3v) is 5.83. The third kappa shape index (κ3) is 3.63. The predicted molar refractivity (Wildman–Crippen MR) is 111 cm³/mol. The minimum Gasteiger partial charge on any atom is -0.373 e. The van der Waals surface area contributed by atoms with Crippen molar-refractivity contribution in [2.24, 2.45) is 0 Å². The van der Waals surface area contributed by atoms with Gasteiger partial charge in [-0.05, 0) is 37.6 Å². The molecule has 2 saturated heterocycles. The summed E-state index contributed by atoms with van der Waals surface area (Å²) in [5.74, 6) is 1.64. The maximum Gasteiger partial charge on any atom is 0.176 e. The Hall–Kier alpha value is -2.77. The number of ether oxygens (including phenoxy) is 1. The van der Waals surface area contributed by atoms with Gasteiger partial charge in [0.2, 0.25) is 0 Å². The molecular formula is C22H26N6O. The molecule has 2 fully saturated rings. The van der Waals surface area contributed by atoms with Crippen LogP contribution in [0.1, 0.15) is 17.0 Å². The van der Waals surface area contributed by atoms with Gasteiger partial charge < -0.3 is 9.64 Å². The van der Waals surface area contributed by atoms with Crippen LogP contribution in [0.15, 0.2) is 48.5 Å². The average molecular weight is 390 g/mol. The molecule has 0 aliphatic carbocycles. The van der Waals surface area contributed by atoms with Gasteiger partial charge in [-0.3, -0.25) is 4.90 Å². The van der Waals surface area contributed by atoms with Crippen LogP contribution >= 0.6 is 0 Å². The summed E-state index contributed by atoms with van der Waals surface area (Å²) in [7, 11) is 0. The fraction of sp³-hybridized carbons (Fsp3) is 0.409. The van der Waals surface area contributed by atoms with Crippen molar-refractivity contribution in [3.05, 3.63) is 65.5 Å². The molecule has 2 aromatic heterocycles. The largest absolute Gasteiger partial charge is 0.373 e. The van der Waals surface area contributed by atoms with E-state index in [0.717, 1.165) is 55.8 Å². The number of hydrogen-bond acceptors (Lipinski definition) is 6. The smallest absolute Gasteiger partial charge is 0.176 e. The number of morpholine rings is 1. The lowest BCUT2D eigenvalue weighted by atomic mass is 10.1. The molecule has 0 bridgehead atoms. The van der Waals surface area contributed by atoms with Crippen LogP contribution < -0.4 is 4.90 Å². The number of hydrogen-bond donors (Lipinski definition) is 0. The zero-order valence-electron chi connectivity index (χ0n) is 16.9. The van der Waals surface area contributed by atoms with E-state index in [9.17, 15) is 0 Å². The quantitative estimate of drug-likeness (QED) is 0.682. The number of nitrogens with zero attached hydrogens (tertiary/aromatic N) is 6. The summed E-state index contributed by atoms with van der Waals surface area (Å²) in [6.45, 7) is 8.48. The van der Waals surface area contributed by atoms with Crippen molar-refractivity contribution in [1.82, 2.24) is 24.9 Å². The van der Waals surface area contributed by atoms with Gasteiger partial charge in [-0.15, -0.1) is 10.2 Å². The number of benzene rings is 1. The van der Waals surface area contributed by atoms with Crippen LogP contribution in [0.4, 0.5) is 5.82 Å². The maximum atomic E-state index is 6.09. The fourth-order valence-electron chi connectivity index (χ4n) is 4.42. The Morgan fingerprint density at radius 3 is 2.52 bits per heavy atom. The summed E-state index contributed by atoms with van der Waals surface area (Å²) in [4.78, 5) is 4.83. The van der Waals surface area contributed by atoms with Gasteiger partial charge in [0.25, 0.3) is 0 Å². The van der Waals surface area contributed by atoms with Gasteiger partial charge in [-0.1, -0.05) is 30.3 Å². The molecule has 0 N–H and O–H groups in total. The van der Waals surface area contributed by atoms with Crippen LogP contribution in [-0.2, 0) is 11.3 Å². The van der Waals surface area contributed by atoms with Crippen LogP contribution in [-0.4, -0.2) is 63.3 Å². The summed E-state index contributed by atoms with van der Waals surface area (Å²) in [6.07, 6.45) is 0.213. The number of fused-ring (bicyclic) bond motifs is 1. The summed E-state index contributed by atoms with van der Waals surface area (Å²) in [5.41, 5.74) is 3.38. The molecule has 0 spiro atoms. The van der Waals surface area contributed by atoms with Crippen molar-refractivity contribution < 1.29 is 4.74 Å². The first-order valence-corrected chi connectivity index (χ1v) is 10.2. The van der Waals surface area contributed by atoms with E-state index in [2.05, 4.69) is 55.4 Å². The summed E-state index contributed by atoms with van der Waals surface area (Å²) in [6, 6.07) is 17.1. The van der Waals surface area contributed by atoms with Gasteiger partial charge in [0.15, 0.2) is 11.6 Å². The normalized spacial score (nSPS) is 22.1. The predicted octanol–water partition coefficient (Wildman–Crippen LogP) is 2.37. The first-order chi connectivity index (χ1) is 14.2. The molecule has 7 nitrogen and oxygen atoms in total. The molecular weight excluding hydrogens is 364 g/mol. The Labute approximate surface area is 170 Å². The maximum absolute atomic E-state index is 6.09. The second-order valence-corrected chi connectivity index (χ2v) is 7.93. The Morgan fingerprint density at radius 1 is 1.00 bits per heavy atom. The highest BCUT2D eigenvalue weighted by atomic mass is 16.5. The van der Waals surface area contributed by atoms with Crippen molar-refractivity contribution in [1.29, 1.82) is 0 Å². The molecule has 2 aliphatic rings. The SMILES string of the molecule is Cc1cc(C)n(-c2ccc(N3CC4OCCN(Cc5ccccc5)C4C3)nn2)n1. The van der Waals surface area contributed by atoms with E-state index in [1.165, 1.54) is 5.56 Å². The Balaban J connectivity index is 1.31. The molecule has 4 heterocycles. The van der Waals surface area contributed by atoms with E-state index in [-0.39, 0.29) is 6.10 Å². The van der Waals surface area contributed by atoms with E-state index < -0.39 is 0 Å². The van der Waals surface area contributed by atoms with Crippen molar-refractivity contribution in [3.8, 4) is 5.82 Å². The standard InChI is InChI=1S/C22H26N6O/c1-16-12-17(2)28(25-16)22-9-8-21(23-24-22)27-14-19-20(15-27)29-11-10-26(19)13-18-6-4-3-5-7-18/h3-9,12,19-20H,10-11,13-15H2,1-2H3. The average Bonchev–Trinajstić information content (AvgIpc) is 3.32. The van der Waals surface area contributed by atoms with Crippen LogP contribution in [0.25, 0.3) is 5.82 Å². The molecule has 150 valence electrons. The second-order valence-electron chi connectivity index (χ2n) is 7.93. The molecule has 29 heavy (non-hydrogen) atoms. The molecule has 5 rings (SSSR count). The van der Waals surface area contributed by atoms with E-state index in [1.54, 1.807) is 0 Å². The van der Waals surface area contributed by atoms with Gasteiger partial charge in [-0.25, -0.2) is 4.68 Å². The van der Waals surface area contributed by atoms with Gasteiger partial charge in [0.1, 0.15) is 0 Å². The highest BCUT2D eigenvalue weighted by Crippen LogP contribution is 2.27. The first-order valence-electron chi connectivity index (χ1n) is 10.2. The summed E-state index contributed by atoms with van der Waals surface area (Å²) >= 11 is 0. The van der Waals surface area contributed by atoms with E-state index in [1.807, 2.05) is 36.7 Å². The Morgan fingerprint density at radius 2 is 1.79 bits per heavy atom. The van der Waals surface area contributed by atoms with Gasteiger partial charge >= 0.3 is 0 Å². The van der Waals surface area contributed by atoms with Crippen LogP contribution in [0.5, 0.6) is 0 Å². The second kappa shape index (κ2) is 7.57. The number of rotatable bonds is 4. The Bertz CT molecular complexity index is 971. The van der Waals surface area contributed by atoms with Crippen molar-refractivity contribution >= 4 is 5.82 Å². The minimum atomic E-state index is 0.213. The van der Waals surface area contributed by atoms with E-state index in [4.69, 9.17) is 4.74 Å². The van der Waals surface area contributed by atoms with E-state index >= 15 is 0 Å². The first kappa shape index (κ1) is 18.3. The zero-order chi connectivity index (χ0) is 19.8. The van der Waals surface area contributed by atoms with Gasteiger partial charge in [0, 0.05) is 31.9 Å². The molecule has 1 aromatic carbocycles. The molecule has 2 unspecified atom stereocenters. The fourth-order valence-corrected chi connectivity index (χ4v) is 4.42. The van der Waals surface area contributed by atoms with Crippen molar-refractivity contribution in [2.45, 2.75) is 32.5 Å². The molecule has 2 aliphatic heterocycles. The highest BCUT2D eigenvalue weighted by Gasteiger charge is 2.40. The van der Waals surface area contributed by atoms with Gasteiger partial charge in [-0.2, -0.15) is 5.10 Å². The molecule has 0 saturated carbocycles. The molecule has 0 radical (unpaired) electrons. The summed E-state index contributed by atoms with van der Waals surface area (Å²) in [5, 5.41) is 13.4. The molecule has 3 aromatic rings. The molecule has 7 heteroatoms. The van der Waals surface area contributed by atoms with Crippen LogP contribution in [0.2, 0.25) is 0 Å². The molecule has 0 amide bonds. The summed E-state index contributed by atoms with van der Waals surface area (Å²) < 4.78 is 7.92. The van der Waals surface area contributed by atoms with Crippen LogP contribution in [0, 0.1) is 13.8 Å². The lowest BCUT2D eigenvalue weighted by Crippen LogP contribution is -2.50. The number of anilines is 1. The van der Waals surface area contributed by atoms with E-state index in [0.29, 0.717) is 6.04 Å². The van der Waals surface area contributed by atoms with Crippen LogP contribution in [0.3, 0.4) is 0 Å². The Kier molecular flexibility index (Phi) is 4.77.